The summed E-state index contributed by atoms with van der Waals surface area (Å²) >= 11 is 0. The summed E-state index contributed by atoms with van der Waals surface area (Å²) in [6.07, 6.45) is 0. The molecule has 0 aliphatic heterocycles. The van der Waals surface area contributed by atoms with Crippen LogP contribution in [0.15, 0.2) is 53.6 Å². The summed E-state index contributed by atoms with van der Waals surface area (Å²) in [5.74, 6) is 1.65. The minimum absolute atomic E-state index is 0.147. The van der Waals surface area contributed by atoms with Crippen LogP contribution in [-0.4, -0.2) is 24.1 Å². The number of benzene rings is 2. The van der Waals surface area contributed by atoms with E-state index in [4.69, 9.17) is 10.3 Å². The van der Waals surface area contributed by atoms with Gasteiger partial charge in [-0.25, -0.2) is 10.5 Å². The third kappa shape index (κ3) is 2.46. The molecular weight excluding hydrogens is 278 g/mol. The number of hydrogen-bond donors (Lipinski definition) is 1. The van der Waals surface area contributed by atoms with Crippen molar-refractivity contribution in [3.05, 3.63) is 48.5 Å². The zero-order valence-corrected chi connectivity index (χ0v) is 12.3. The second-order valence-electron chi connectivity index (χ2n) is 4.73. The van der Waals surface area contributed by atoms with Gasteiger partial charge in [-0.15, -0.1) is 5.11 Å². The topological polar surface area (TPSA) is 74.5 Å². The summed E-state index contributed by atoms with van der Waals surface area (Å²) in [5.41, 5.74) is 8.90. The molecule has 0 radical (unpaired) electrons. The highest BCUT2D eigenvalue weighted by molar-refractivity contribution is 5.92. The van der Waals surface area contributed by atoms with Crippen LogP contribution in [0.2, 0.25) is 0 Å². The molecule has 110 valence electrons. The Labute approximate surface area is 127 Å². The van der Waals surface area contributed by atoms with Crippen LogP contribution in [-0.2, 0) is 0 Å². The highest BCUT2D eigenvalue weighted by Crippen LogP contribution is 2.31. The predicted molar refractivity (Wildman–Crippen MR) is 85.4 cm³/mol. The lowest BCUT2D eigenvalue weighted by Gasteiger charge is -2.20. The van der Waals surface area contributed by atoms with E-state index in [2.05, 4.69) is 15.1 Å². The number of anilines is 2. The normalized spacial score (nSPS) is 10.5. The number of fused-ring (bicyclic) bond motifs is 1. The van der Waals surface area contributed by atoms with Gasteiger partial charge in [0.15, 0.2) is 0 Å². The molecule has 0 bridgehead atoms. The second kappa shape index (κ2) is 5.77. The van der Waals surface area contributed by atoms with Crippen molar-refractivity contribution in [1.82, 2.24) is 9.97 Å². The molecule has 0 spiro atoms. The Balaban J connectivity index is 2.12. The summed E-state index contributed by atoms with van der Waals surface area (Å²) < 4.78 is 5.18. The molecule has 0 atom stereocenters. The van der Waals surface area contributed by atoms with Gasteiger partial charge in [0.2, 0.25) is 0 Å². The Morgan fingerprint density at radius 1 is 1.05 bits per heavy atom. The molecule has 0 saturated carbocycles. The first-order valence-corrected chi connectivity index (χ1v) is 6.75. The molecule has 1 N–H and O–H groups in total. The molecule has 1 aromatic heterocycles. The highest BCUT2D eigenvalue weighted by atomic mass is 16.5. The molecule has 0 unspecified atom stereocenters. The summed E-state index contributed by atoms with van der Waals surface area (Å²) in [5, 5.41) is 4.28. The van der Waals surface area contributed by atoms with E-state index >= 15 is 0 Å². The molecule has 0 amide bonds. The standard InChI is InChI=1S/C16H15N5O/c1-21(11-7-9-12(22-2)10-8-11)15-13-5-3-4-6-14(13)18-16(19-15)20-17/h3-10,17H,1-2H3. The maximum absolute atomic E-state index is 7.18. The van der Waals surface area contributed by atoms with Gasteiger partial charge in [-0.1, -0.05) is 12.1 Å². The summed E-state index contributed by atoms with van der Waals surface area (Å²) in [4.78, 5) is 10.6. The number of hydrogen-bond acceptors (Lipinski definition) is 6. The zero-order chi connectivity index (χ0) is 15.5. The SMILES string of the molecule is COc1ccc(N(C)c2nc(N=N)nc3ccccc23)cc1. The minimum atomic E-state index is 0.147. The molecule has 6 nitrogen and oxygen atoms in total. The molecule has 0 aliphatic rings. The van der Waals surface area contributed by atoms with Gasteiger partial charge in [0, 0.05) is 18.1 Å². The fraction of sp³-hybridized carbons (Fsp3) is 0.125. The van der Waals surface area contributed by atoms with Crippen molar-refractivity contribution in [3.8, 4) is 5.75 Å². The minimum Gasteiger partial charge on any atom is -0.497 e. The van der Waals surface area contributed by atoms with Gasteiger partial charge >= 0.3 is 0 Å². The Hall–Kier alpha value is -3.02. The van der Waals surface area contributed by atoms with E-state index in [1.54, 1.807) is 7.11 Å². The van der Waals surface area contributed by atoms with Crippen LogP contribution in [0, 0.1) is 5.53 Å². The van der Waals surface area contributed by atoms with Crippen molar-refractivity contribution in [1.29, 1.82) is 5.53 Å². The zero-order valence-electron chi connectivity index (χ0n) is 12.3. The third-order valence-corrected chi connectivity index (χ3v) is 3.45. The average molecular weight is 293 g/mol. The first-order chi connectivity index (χ1) is 10.7. The molecule has 0 saturated heterocycles. The summed E-state index contributed by atoms with van der Waals surface area (Å²) in [6.45, 7) is 0. The van der Waals surface area contributed by atoms with Gasteiger partial charge in [0.1, 0.15) is 11.6 Å². The molecule has 0 aliphatic carbocycles. The monoisotopic (exact) mass is 293 g/mol. The Morgan fingerprint density at radius 3 is 2.45 bits per heavy atom. The maximum Gasteiger partial charge on any atom is 0.270 e. The van der Waals surface area contributed by atoms with Crippen molar-refractivity contribution >= 4 is 28.4 Å². The molecule has 3 aromatic rings. The Morgan fingerprint density at radius 2 is 1.77 bits per heavy atom. The van der Waals surface area contributed by atoms with Gasteiger partial charge in [-0.3, -0.25) is 0 Å². The van der Waals surface area contributed by atoms with Crippen molar-refractivity contribution in [3.63, 3.8) is 0 Å². The van der Waals surface area contributed by atoms with E-state index in [1.807, 2.05) is 60.5 Å². The quantitative estimate of drug-likeness (QED) is 0.736. The first kappa shape index (κ1) is 13.9. The van der Waals surface area contributed by atoms with Crippen LogP contribution in [0.1, 0.15) is 0 Å². The van der Waals surface area contributed by atoms with E-state index in [1.165, 1.54) is 0 Å². The lowest BCUT2D eigenvalue weighted by atomic mass is 10.2. The summed E-state index contributed by atoms with van der Waals surface area (Å²) in [6, 6.07) is 15.4. The average Bonchev–Trinajstić information content (AvgIpc) is 2.60. The van der Waals surface area contributed by atoms with Crippen LogP contribution in [0.3, 0.4) is 0 Å². The number of para-hydroxylation sites is 1. The summed E-state index contributed by atoms with van der Waals surface area (Å²) in [7, 11) is 3.56. The number of nitrogens with one attached hydrogen (secondary N) is 1. The molecule has 2 aromatic carbocycles. The third-order valence-electron chi connectivity index (χ3n) is 3.45. The predicted octanol–water partition coefficient (Wildman–Crippen LogP) is 4.07. The number of ether oxygens (including phenoxy) is 1. The first-order valence-electron chi connectivity index (χ1n) is 6.75. The number of aromatic nitrogens is 2. The van der Waals surface area contributed by atoms with Crippen LogP contribution in [0.4, 0.5) is 17.5 Å². The van der Waals surface area contributed by atoms with Gasteiger partial charge in [-0.05, 0) is 36.4 Å². The Kier molecular flexibility index (Phi) is 3.65. The van der Waals surface area contributed by atoms with Crippen molar-refractivity contribution in [2.75, 3.05) is 19.1 Å². The maximum atomic E-state index is 7.18. The number of methoxy groups -OCH3 is 1. The van der Waals surface area contributed by atoms with Crippen molar-refractivity contribution in [2.24, 2.45) is 5.11 Å². The van der Waals surface area contributed by atoms with Crippen molar-refractivity contribution in [2.45, 2.75) is 0 Å². The van der Waals surface area contributed by atoms with Gasteiger partial charge in [0.25, 0.3) is 5.95 Å². The van der Waals surface area contributed by atoms with Gasteiger partial charge in [-0.2, -0.15) is 4.98 Å². The largest absolute Gasteiger partial charge is 0.497 e. The molecule has 3 rings (SSSR count). The molecule has 0 fully saturated rings. The molecule has 22 heavy (non-hydrogen) atoms. The molecule has 6 heteroatoms. The molecule has 1 heterocycles. The molecular formula is C16H15N5O. The fourth-order valence-electron chi connectivity index (χ4n) is 2.28. The van der Waals surface area contributed by atoms with Gasteiger partial charge < -0.3 is 9.64 Å². The Bertz CT molecular complexity index is 816. The van der Waals surface area contributed by atoms with Crippen LogP contribution < -0.4 is 9.64 Å². The van der Waals surface area contributed by atoms with Gasteiger partial charge in [0.05, 0.1) is 12.6 Å². The fourth-order valence-corrected chi connectivity index (χ4v) is 2.28. The van der Waals surface area contributed by atoms with Crippen molar-refractivity contribution < 1.29 is 4.74 Å². The number of rotatable bonds is 4. The highest BCUT2D eigenvalue weighted by Gasteiger charge is 2.12. The van der Waals surface area contributed by atoms with E-state index in [0.717, 1.165) is 22.3 Å². The lowest BCUT2D eigenvalue weighted by molar-refractivity contribution is 0.415. The van der Waals surface area contributed by atoms with E-state index in [9.17, 15) is 0 Å². The number of nitrogens with zero attached hydrogens (tertiary/aromatic N) is 4. The van der Waals surface area contributed by atoms with E-state index in [-0.39, 0.29) is 5.95 Å². The van der Waals surface area contributed by atoms with Crippen LogP contribution >= 0.6 is 0 Å². The van der Waals surface area contributed by atoms with Crippen LogP contribution in [0.25, 0.3) is 10.9 Å². The van der Waals surface area contributed by atoms with Crippen LogP contribution in [0.5, 0.6) is 5.75 Å². The van der Waals surface area contributed by atoms with E-state index < -0.39 is 0 Å². The van der Waals surface area contributed by atoms with E-state index in [0.29, 0.717) is 5.82 Å². The lowest BCUT2D eigenvalue weighted by Crippen LogP contribution is -2.12. The smallest absolute Gasteiger partial charge is 0.270 e. The second-order valence-corrected chi connectivity index (χ2v) is 4.73.